The van der Waals surface area contributed by atoms with Gasteiger partial charge in [-0.25, -0.2) is 9.97 Å². The maximum atomic E-state index is 6.16. The van der Waals surface area contributed by atoms with Gasteiger partial charge in [0.05, 0.1) is 25.1 Å². The molecule has 0 amide bonds. The highest BCUT2D eigenvalue weighted by molar-refractivity contribution is 5.87. The van der Waals surface area contributed by atoms with Crippen LogP contribution in [0.4, 0.5) is 0 Å². The summed E-state index contributed by atoms with van der Waals surface area (Å²) in [7, 11) is 3.20. The number of ether oxygens (including phenoxy) is 3. The number of fused-ring (bicyclic) bond motifs is 1. The van der Waals surface area contributed by atoms with E-state index in [2.05, 4.69) is 61.1 Å². The fourth-order valence-electron chi connectivity index (χ4n) is 3.45. The molecular formula is C26H26N2O3. The van der Waals surface area contributed by atoms with Crippen molar-refractivity contribution in [1.82, 2.24) is 9.97 Å². The maximum Gasteiger partial charge on any atom is 0.230 e. The Morgan fingerprint density at radius 2 is 1.45 bits per heavy atom. The van der Waals surface area contributed by atoms with Crippen LogP contribution in [0, 0.1) is 0 Å². The molecule has 0 unspecified atom stereocenters. The second-order valence-corrected chi connectivity index (χ2v) is 8.36. The van der Waals surface area contributed by atoms with Gasteiger partial charge in [0.1, 0.15) is 12.1 Å². The molecule has 0 saturated heterocycles. The fraction of sp³-hybridized carbons (Fsp3) is 0.231. The zero-order valence-corrected chi connectivity index (χ0v) is 18.5. The summed E-state index contributed by atoms with van der Waals surface area (Å²) in [5.41, 5.74) is 4.37. The molecule has 0 saturated carbocycles. The van der Waals surface area contributed by atoms with Crippen LogP contribution in [-0.4, -0.2) is 24.2 Å². The lowest BCUT2D eigenvalue weighted by molar-refractivity contribution is 0.355. The highest BCUT2D eigenvalue weighted by atomic mass is 16.5. The van der Waals surface area contributed by atoms with Crippen molar-refractivity contribution in [3.63, 3.8) is 0 Å². The summed E-state index contributed by atoms with van der Waals surface area (Å²) in [6, 6.07) is 20.3. The molecule has 0 atom stereocenters. The topological polar surface area (TPSA) is 53.5 Å². The first kappa shape index (κ1) is 20.7. The predicted molar refractivity (Wildman–Crippen MR) is 123 cm³/mol. The van der Waals surface area contributed by atoms with Crippen LogP contribution in [-0.2, 0) is 5.41 Å². The molecule has 158 valence electrons. The molecule has 1 aromatic heterocycles. The maximum absolute atomic E-state index is 6.16. The summed E-state index contributed by atoms with van der Waals surface area (Å²) in [5, 5.41) is 0.750. The van der Waals surface area contributed by atoms with Gasteiger partial charge in [-0.3, -0.25) is 0 Å². The predicted octanol–water partition coefficient (Wildman–Crippen LogP) is 6.40. The Labute approximate surface area is 182 Å². The van der Waals surface area contributed by atoms with Crippen molar-refractivity contribution in [2.75, 3.05) is 14.2 Å². The van der Waals surface area contributed by atoms with E-state index in [1.54, 1.807) is 14.2 Å². The second kappa shape index (κ2) is 8.26. The normalized spacial score (nSPS) is 11.4. The molecule has 4 aromatic rings. The standard InChI is InChI=1S/C26H26N2O3/c1-26(2,3)19-11-9-17(10-12-19)18-7-6-8-20(13-18)31-25-21-14-23(29-4)24(30-5)15-22(21)27-16-28-25/h6-16H,1-5H3. The lowest BCUT2D eigenvalue weighted by Crippen LogP contribution is -2.10. The zero-order valence-electron chi connectivity index (χ0n) is 18.5. The van der Waals surface area contributed by atoms with Crippen LogP contribution in [0.1, 0.15) is 26.3 Å². The molecule has 0 aliphatic carbocycles. The molecule has 5 nitrogen and oxygen atoms in total. The third-order valence-electron chi connectivity index (χ3n) is 5.24. The first-order valence-electron chi connectivity index (χ1n) is 10.1. The summed E-state index contributed by atoms with van der Waals surface area (Å²) in [4.78, 5) is 8.68. The van der Waals surface area contributed by atoms with Crippen molar-refractivity contribution in [3.8, 4) is 34.3 Å². The van der Waals surface area contributed by atoms with Crippen molar-refractivity contribution in [1.29, 1.82) is 0 Å². The Morgan fingerprint density at radius 1 is 0.742 bits per heavy atom. The summed E-state index contributed by atoms with van der Waals surface area (Å²) in [6.07, 6.45) is 1.48. The van der Waals surface area contributed by atoms with Crippen LogP contribution in [0.2, 0.25) is 0 Å². The van der Waals surface area contributed by atoms with E-state index in [9.17, 15) is 0 Å². The third kappa shape index (κ3) is 4.31. The van der Waals surface area contributed by atoms with E-state index in [1.165, 1.54) is 11.9 Å². The third-order valence-corrected chi connectivity index (χ3v) is 5.24. The zero-order chi connectivity index (χ0) is 22.0. The molecule has 3 aromatic carbocycles. The van der Waals surface area contributed by atoms with Gasteiger partial charge in [-0.15, -0.1) is 0 Å². The lowest BCUT2D eigenvalue weighted by Gasteiger charge is -2.19. The Hall–Kier alpha value is -3.60. The van der Waals surface area contributed by atoms with E-state index in [-0.39, 0.29) is 5.41 Å². The van der Waals surface area contributed by atoms with Crippen LogP contribution in [0.25, 0.3) is 22.0 Å². The van der Waals surface area contributed by atoms with Gasteiger partial charge in [0.15, 0.2) is 11.5 Å². The monoisotopic (exact) mass is 414 g/mol. The summed E-state index contributed by atoms with van der Waals surface area (Å²) in [6.45, 7) is 6.65. The molecule has 0 aliphatic rings. The smallest absolute Gasteiger partial charge is 0.230 e. The Balaban J connectivity index is 1.67. The van der Waals surface area contributed by atoms with Crippen LogP contribution < -0.4 is 14.2 Å². The SMILES string of the molecule is COc1cc2ncnc(Oc3cccc(-c4ccc(C(C)(C)C)cc4)c3)c2cc1OC. The molecule has 5 heteroatoms. The average Bonchev–Trinajstić information content (AvgIpc) is 2.78. The molecule has 31 heavy (non-hydrogen) atoms. The van der Waals surface area contributed by atoms with E-state index in [1.807, 2.05) is 30.3 Å². The number of rotatable bonds is 5. The van der Waals surface area contributed by atoms with Crippen molar-refractivity contribution in [2.24, 2.45) is 0 Å². The van der Waals surface area contributed by atoms with Gasteiger partial charge in [0.2, 0.25) is 5.88 Å². The van der Waals surface area contributed by atoms with Crippen LogP contribution in [0.5, 0.6) is 23.1 Å². The van der Waals surface area contributed by atoms with Gasteiger partial charge >= 0.3 is 0 Å². The molecule has 4 rings (SSSR count). The molecule has 1 heterocycles. The van der Waals surface area contributed by atoms with Gasteiger partial charge in [-0.2, -0.15) is 0 Å². The van der Waals surface area contributed by atoms with E-state index in [4.69, 9.17) is 14.2 Å². The van der Waals surface area contributed by atoms with Crippen molar-refractivity contribution >= 4 is 10.9 Å². The molecular weight excluding hydrogens is 388 g/mol. The van der Waals surface area contributed by atoms with Crippen LogP contribution >= 0.6 is 0 Å². The van der Waals surface area contributed by atoms with E-state index in [0.29, 0.717) is 23.1 Å². The second-order valence-electron chi connectivity index (χ2n) is 8.36. The lowest BCUT2D eigenvalue weighted by atomic mass is 9.86. The number of aromatic nitrogens is 2. The number of hydrogen-bond donors (Lipinski definition) is 0. The quantitative estimate of drug-likeness (QED) is 0.378. The Kier molecular flexibility index (Phi) is 5.51. The van der Waals surface area contributed by atoms with Gasteiger partial charge in [0.25, 0.3) is 0 Å². The van der Waals surface area contributed by atoms with E-state index >= 15 is 0 Å². The summed E-state index contributed by atoms with van der Waals surface area (Å²) >= 11 is 0. The molecule has 0 bridgehead atoms. The van der Waals surface area contributed by atoms with Crippen molar-refractivity contribution in [3.05, 3.63) is 72.6 Å². The summed E-state index contributed by atoms with van der Waals surface area (Å²) in [5.74, 6) is 2.38. The van der Waals surface area contributed by atoms with Gasteiger partial charge in [0, 0.05) is 6.07 Å². The first-order valence-corrected chi connectivity index (χ1v) is 10.1. The highest BCUT2D eigenvalue weighted by Crippen LogP contribution is 2.36. The number of nitrogens with zero attached hydrogens (tertiary/aromatic N) is 2. The number of benzene rings is 3. The van der Waals surface area contributed by atoms with Crippen LogP contribution in [0.3, 0.4) is 0 Å². The van der Waals surface area contributed by atoms with Gasteiger partial charge < -0.3 is 14.2 Å². The Bertz CT molecular complexity index is 1210. The minimum atomic E-state index is 0.126. The Morgan fingerprint density at radius 3 is 2.13 bits per heavy atom. The van der Waals surface area contributed by atoms with Crippen molar-refractivity contribution < 1.29 is 14.2 Å². The van der Waals surface area contributed by atoms with E-state index in [0.717, 1.165) is 22.0 Å². The summed E-state index contributed by atoms with van der Waals surface area (Å²) < 4.78 is 17.0. The van der Waals surface area contributed by atoms with Gasteiger partial charge in [-0.05, 0) is 40.3 Å². The minimum absolute atomic E-state index is 0.126. The molecule has 0 fully saturated rings. The highest BCUT2D eigenvalue weighted by Gasteiger charge is 2.14. The molecule has 0 aliphatic heterocycles. The van der Waals surface area contributed by atoms with E-state index < -0.39 is 0 Å². The first-order chi connectivity index (χ1) is 14.9. The van der Waals surface area contributed by atoms with Crippen molar-refractivity contribution in [2.45, 2.75) is 26.2 Å². The molecule has 0 N–H and O–H groups in total. The largest absolute Gasteiger partial charge is 0.493 e. The number of methoxy groups -OCH3 is 2. The minimum Gasteiger partial charge on any atom is -0.493 e. The molecule has 0 radical (unpaired) electrons. The van der Waals surface area contributed by atoms with Gasteiger partial charge in [-0.1, -0.05) is 57.2 Å². The molecule has 0 spiro atoms. The fourth-order valence-corrected chi connectivity index (χ4v) is 3.45. The average molecular weight is 415 g/mol. The van der Waals surface area contributed by atoms with Crippen LogP contribution in [0.15, 0.2) is 67.0 Å². The number of hydrogen-bond acceptors (Lipinski definition) is 5.